The highest BCUT2D eigenvalue weighted by atomic mass is 32.1. The molecule has 1 aromatic carbocycles. The highest BCUT2D eigenvalue weighted by Crippen LogP contribution is 2.24. The lowest BCUT2D eigenvalue weighted by molar-refractivity contribution is -0.911. The van der Waals surface area contributed by atoms with Gasteiger partial charge in [0.05, 0.1) is 13.1 Å². The van der Waals surface area contributed by atoms with Crippen LogP contribution >= 0.6 is 23.6 Å². The molecule has 2 heterocycles. The first-order valence-electron chi connectivity index (χ1n) is 7.38. The van der Waals surface area contributed by atoms with Crippen molar-refractivity contribution >= 4 is 34.4 Å². The average Bonchev–Trinajstić information content (AvgIpc) is 3.07. The Morgan fingerprint density at radius 1 is 1.33 bits per heavy atom. The molecule has 1 aliphatic rings. The Hall–Kier alpha value is -1.24. The summed E-state index contributed by atoms with van der Waals surface area (Å²) in [5.74, 6) is 0. The minimum Gasteiger partial charge on any atom is -0.330 e. The molecular weight excluding hydrogens is 300 g/mol. The van der Waals surface area contributed by atoms with Crippen LogP contribution in [0.5, 0.6) is 0 Å². The summed E-state index contributed by atoms with van der Waals surface area (Å²) in [4.78, 5) is 1.58. The van der Waals surface area contributed by atoms with Crippen molar-refractivity contribution in [2.45, 2.75) is 33.4 Å². The number of nitrogens with one attached hydrogen (secondary N) is 2. The normalized spacial score (nSPS) is 15.5. The van der Waals surface area contributed by atoms with Gasteiger partial charge >= 0.3 is 0 Å². The summed E-state index contributed by atoms with van der Waals surface area (Å²) in [7, 11) is 0. The van der Waals surface area contributed by atoms with E-state index >= 15 is 0 Å². The first kappa shape index (κ1) is 14.7. The van der Waals surface area contributed by atoms with Gasteiger partial charge in [0.2, 0.25) is 5.13 Å². The van der Waals surface area contributed by atoms with Gasteiger partial charge in [-0.25, -0.2) is 0 Å². The summed E-state index contributed by atoms with van der Waals surface area (Å²) in [6.07, 6.45) is 2.64. The van der Waals surface area contributed by atoms with Crippen molar-refractivity contribution in [3.05, 3.63) is 33.3 Å². The van der Waals surface area contributed by atoms with Crippen molar-refractivity contribution < 1.29 is 4.90 Å². The van der Waals surface area contributed by atoms with Crippen molar-refractivity contribution in [2.24, 2.45) is 0 Å². The quantitative estimate of drug-likeness (QED) is 0.850. The number of anilines is 2. The molecule has 4 nitrogen and oxygen atoms in total. The summed E-state index contributed by atoms with van der Waals surface area (Å²) >= 11 is 7.00. The fourth-order valence-electron chi connectivity index (χ4n) is 2.70. The van der Waals surface area contributed by atoms with Gasteiger partial charge in [-0.2, -0.15) is 4.68 Å². The molecule has 0 unspecified atom stereocenters. The SMILES string of the molecule is Cc1cccc(Nc2nn(C[NH+]3CCCC3)c(=S)s2)c1C. The highest BCUT2D eigenvalue weighted by Gasteiger charge is 2.17. The topological polar surface area (TPSA) is 34.3 Å². The van der Waals surface area contributed by atoms with Crippen LogP contribution in [0, 0.1) is 17.8 Å². The summed E-state index contributed by atoms with van der Waals surface area (Å²) in [5, 5.41) is 8.93. The summed E-state index contributed by atoms with van der Waals surface area (Å²) in [6, 6.07) is 6.27. The van der Waals surface area contributed by atoms with Crippen molar-refractivity contribution in [2.75, 3.05) is 18.4 Å². The van der Waals surface area contributed by atoms with Crippen LogP contribution in [-0.4, -0.2) is 22.9 Å². The van der Waals surface area contributed by atoms with E-state index in [0.29, 0.717) is 0 Å². The van der Waals surface area contributed by atoms with E-state index in [-0.39, 0.29) is 0 Å². The van der Waals surface area contributed by atoms with E-state index in [1.807, 2.05) is 4.68 Å². The van der Waals surface area contributed by atoms with Crippen molar-refractivity contribution in [3.8, 4) is 0 Å². The van der Waals surface area contributed by atoms with Crippen LogP contribution in [0.15, 0.2) is 18.2 Å². The van der Waals surface area contributed by atoms with Gasteiger partial charge in [0, 0.05) is 18.5 Å². The van der Waals surface area contributed by atoms with Gasteiger partial charge in [-0.05, 0) is 43.3 Å². The van der Waals surface area contributed by atoms with E-state index in [4.69, 9.17) is 12.2 Å². The molecule has 0 spiro atoms. The van der Waals surface area contributed by atoms with E-state index in [0.717, 1.165) is 21.4 Å². The molecule has 3 rings (SSSR count). The molecule has 0 atom stereocenters. The second-order valence-corrected chi connectivity index (χ2v) is 7.28. The van der Waals surface area contributed by atoms with Gasteiger partial charge < -0.3 is 10.2 Å². The molecule has 0 amide bonds. The predicted octanol–water partition coefficient (Wildman–Crippen LogP) is 2.67. The Bertz CT molecular complexity index is 683. The first-order valence-corrected chi connectivity index (χ1v) is 8.61. The largest absolute Gasteiger partial charge is 0.330 e. The molecule has 112 valence electrons. The third-order valence-electron chi connectivity index (χ3n) is 4.14. The van der Waals surface area contributed by atoms with Gasteiger partial charge in [-0.1, -0.05) is 23.5 Å². The molecule has 6 heteroatoms. The fraction of sp³-hybridized carbons (Fsp3) is 0.467. The lowest BCUT2D eigenvalue weighted by atomic mass is 10.1. The Balaban J connectivity index is 1.77. The Morgan fingerprint density at radius 3 is 2.86 bits per heavy atom. The number of rotatable bonds is 4. The maximum absolute atomic E-state index is 5.45. The number of quaternary nitrogens is 1. The lowest BCUT2D eigenvalue weighted by Crippen LogP contribution is -3.09. The van der Waals surface area contributed by atoms with E-state index < -0.39 is 0 Å². The van der Waals surface area contributed by atoms with Crippen LogP contribution in [0.2, 0.25) is 0 Å². The fourth-order valence-corrected chi connectivity index (χ4v) is 3.72. The molecule has 1 saturated heterocycles. The number of hydrogen-bond donors (Lipinski definition) is 2. The Labute approximate surface area is 134 Å². The molecule has 2 N–H and O–H groups in total. The van der Waals surface area contributed by atoms with Gasteiger partial charge in [0.25, 0.3) is 0 Å². The molecule has 1 fully saturated rings. The number of aryl methyl sites for hydroxylation is 1. The molecule has 0 saturated carbocycles. The van der Waals surface area contributed by atoms with Gasteiger partial charge in [-0.3, -0.25) is 0 Å². The van der Waals surface area contributed by atoms with Crippen molar-refractivity contribution in [3.63, 3.8) is 0 Å². The zero-order valence-electron chi connectivity index (χ0n) is 12.5. The van der Waals surface area contributed by atoms with Crippen LogP contribution in [0.4, 0.5) is 10.8 Å². The number of hydrogen-bond acceptors (Lipinski definition) is 4. The Kier molecular flexibility index (Phi) is 4.37. The van der Waals surface area contributed by atoms with Gasteiger partial charge in [0.15, 0.2) is 10.6 Å². The molecule has 1 aliphatic heterocycles. The summed E-state index contributed by atoms with van der Waals surface area (Å²) in [6.45, 7) is 7.61. The zero-order valence-corrected chi connectivity index (χ0v) is 14.1. The van der Waals surface area contributed by atoms with E-state index in [1.54, 1.807) is 16.2 Å². The smallest absolute Gasteiger partial charge is 0.209 e. The molecular formula is C15H21N4S2+. The van der Waals surface area contributed by atoms with Crippen LogP contribution in [0.25, 0.3) is 0 Å². The number of aromatic nitrogens is 2. The maximum atomic E-state index is 5.45. The van der Waals surface area contributed by atoms with E-state index in [1.165, 1.54) is 37.1 Å². The van der Waals surface area contributed by atoms with Crippen LogP contribution in [-0.2, 0) is 6.67 Å². The first-order chi connectivity index (χ1) is 10.1. The van der Waals surface area contributed by atoms with Gasteiger partial charge in [-0.15, -0.1) is 5.10 Å². The zero-order chi connectivity index (χ0) is 14.8. The van der Waals surface area contributed by atoms with Crippen molar-refractivity contribution in [1.82, 2.24) is 9.78 Å². The second-order valence-electron chi connectivity index (χ2n) is 5.66. The standard InChI is InChI=1S/C15H20N4S2/c1-11-6-5-7-13(12(11)2)16-14-17-19(15(20)21-14)10-18-8-3-4-9-18/h5-7H,3-4,8-10H2,1-2H3,(H,16,17)/p+1. The van der Waals surface area contributed by atoms with Gasteiger partial charge in [0.1, 0.15) is 0 Å². The molecule has 0 radical (unpaired) electrons. The highest BCUT2D eigenvalue weighted by molar-refractivity contribution is 7.73. The summed E-state index contributed by atoms with van der Waals surface area (Å²) in [5.41, 5.74) is 3.65. The molecule has 2 aromatic rings. The molecule has 21 heavy (non-hydrogen) atoms. The molecule has 0 aliphatic carbocycles. The second kappa shape index (κ2) is 6.25. The number of benzene rings is 1. The van der Waals surface area contributed by atoms with Crippen molar-refractivity contribution in [1.29, 1.82) is 0 Å². The third kappa shape index (κ3) is 3.33. The number of likely N-dealkylation sites (tertiary alicyclic amines) is 1. The van der Waals surface area contributed by atoms with E-state index in [2.05, 4.69) is 42.5 Å². The van der Waals surface area contributed by atoms with E-state index in [9.17, 15) is 0 Å². The third-order valence-corrected chi connectivity index (χ3v) is 5.36. The monoisotopic (exact) mass is 321 g/mol. The van der Waals surface area contributed by atoms with Crippen LogP contribution in [0.1, 0.15) is 24.0 Å². The molecule has 0 bridgehead atoms. The summed E-state index contributed by atoms with van der Waals surface area (Å²) < 4.78 is 2.82. The molecule has 1 aromatic heterocycles. The lowest BCUT2D eigenvalue weighted by Gasteiger charge is -2.11. The van der Waals surface area contributed by atoms with Crippen LogP contribution in [0.3, 0.4) is 0 Å². The Morgan fingerprint density at radius 2 is 2.10 bits per heavy atom. The minimum atomic E-state index is 0.849. The van der Waals surface area contributed by atoms with Crippen LogP contribution < -0.4 is 10.2 Å². The maximum Gasteiger partial charge on any atom is 0.209 e. The average molecular weight is 321 g/mol. The predicted molar refractivity (Wildman–Crippen MR) is 90.1 cm³/mol. The number of nitrogens with zero attached hydrogens (tertiary/aromatic N) is 2. The minimum absolute atomic E-state index is 0.849.